The molecule has 0 fully saturated rings. The molecule has 1 unspecified atom stereocenters. The highest BCUT2D eigenvalue weighted by atomic mass is 19.4. The van der Waals surface area contributed by atoms with Crippen molar-refractivity contribution in [2.45, 2.75) is 45.9 Å². The van der Waals surface area contributed by atoms with Gasteiger partial charge in [0.1, 0.15) is 6.10 Å². The summed E-state index contributed by atoms with van der Waals surface area (Å²) in [6.07, 6.45) is -6.48. The first-order chi connectivity index (χ1) is 5.13. The molecule has 0 aliphatic carbocycles. The van der Waals surface area contributed by atoms with E-state index in [-0.39, 0.29) is 11.8 Å². The predicted octanol–water partition coefficient (Wildman–Crippen LogP) is 2.74. The maximum absolute atomic E-state index is 11.8. The monoisotopic (exact) mass is 184 g/mol. The van der Waals surface area contributed by atoms with Crippen LogP contribution in [-0.4, -0.2) is 17.4 Å². The van der Waals surface area contributed by atoms with Gasteiger partial charge in [-0.15, -0.1) is 0 Å². The molecule has 0 saturated heterocycles. The van der Waals surface area contributed by atoms with Crippen LogP contribution in [0.15, 0.2) is 0 Å². The summed E-state index contributed by atoms with van der Waals surface area (Å²) in [7, 11) is 0. The lowest BCUT2D eigenvalue weighted by molar-refractivity contribution is -0.206. The van der Waals surface area contributed by atoms with Crippen LogP contribution in [-0.2, 0) is 0 Å². The topological polar surface area (TPSA) is 20.2 Å². The Morgan fingerprint density at radius 1 is 1.17 bits per heavy atom. The van der Waals surface area contributed by atoms with E-state index in [4.69, 9.17) is 5.11 Å². The standard InChI is InChI=1S/C8H15F3O/c1-7(2,3)5-4-6(12)8(9,10)11/h6,12H,4-5H2,1-3H3. The molecule has 0 aliphatic heterocycles. The fourth-order valence-corrected chi connectivity index (χ4v) is 0.733. The van der Waals surface area contributed by atoms with Crippen molar-refractivity contribution in [1.29, 1.82) is 0 Å². The maximum Gasteiger partial charge on any atom is 0.414 e. The van der Waals surface area contributed by atoms with Gasteiger partial charge in [-0.25, -0.2) is 0 Å². The Bertz CT molecular complexity index is 134. The van der Waals surface area contributed by atoms with Crippen LogP contribution in [0.5, 0.6) is 0 Å². The molecule has 1 atom stereocenters. The molecule has 0 bridgehead atoms. The third-order valence-electron chi connectivity index (χ3n) is 1.55. The summed E-state index contributed by atoms with van der Waals surface area (Å²) in [6.45, 7) is 5.53. The number of hydrogen-bond acceptors (Lipinski definition) is 1. The van der Waals surface area contributed by atoms with E-state index in [2.05, 4.69) is 0 Å². The third kappa shape index (κ3) is 5.41. The largest absolute Gasteiger partial charge is 0.414 e. The van der Waals surface area contributed by atoms with Gasteiger partial charge in [0.15, 0.2) is 0 Å². The first-order valence-electron chi connectivity index (χ1n) is 3.88. The molecule has 0 radical (unpaired) electrons. The quantitative estimate of drug-likeness (QED) is 0.699. The molecule has 0 aromatic carbocycles. The van der Waals surface area contributed by atoms with Gasteiger partial charge >= 0.3 is 6.18 Å². The van der Waals surface area contributed by atoms with E-state index in [1.807, 2.05) is 20.8 Å². The van der Waals surface area contributed by atoms with Crippen molar-refractivity contribution < 1.29 is 18.3 Å². The van der Waals surface area contributed by atoms with Gasteiger partial charge in [0.25, 0.3) is 0 Å². The molecule has 4 heteroatoms. The molecule has 0 amide bonds. The lowest BCUT2D eigenvalue weighted by Gasteiger charge is -2.21. The Kier molecular flexibility index (Phi) is 3.57. The van der Waals surface area contributed by atoms with Crippen LogP contribution in [0.2, 0.25) is 0 Å². The van der Waals surface area contributed by atoms with Crippen LogP contribution in [0.25, 0.3) is 0 Å². The minimum Gasteiger partial charge on any atom is -0.384 e. The summed E-state index contributed by atoms with van der Waals surface area (Å²) in [6, 6.07) is 0. The SMILES string of the molecule is CC(C)(C)CCC(O)C(F)(F)F. The van der Waals surface area contributed by atoms with Crippen LogP contribution in [0, 0.1) is 5.41 Å². The van der Waals surface area contributed by atoms with E-state index in [0.29, 0.717) is 6.42 Å². The zero-order valence-corrected chi connectivity index (χ0v) is 7.57. The van der Waals surface area contributed by atoms with Crippen molar-refractivity contribution in [2.75, 3.05) is 0 Å². The van der Waals surface area contributed by atoms with Crippen molar-refractivity contribution in [3.8, 4) is 0 Å². The van der Waals surface area contributed by atoms with Gasteiger partial charge in [-0.1, -0.05) is 20.8 Å². The first kappa shape index (κ1) is 11.8. The minimum absolute atomic E-state index is 0.160. The van der Waals surface area contributed by atoms with Crippen LogP contribution in [0.1, 0.15) is 33.6 Å². The molecule has 12 heavy (non-hydrogen) atoms. The maximum atomic E-state index is 11.8. The number of halogens is 3. The fraction of sp³-hybridized carbons (Fsp3) is 1.00. The molecule has 74 valence electrons. The molecule has 0 aromatic rings. The summed E-state index contributed by atoms with van der Waals surface area (Å²) in [5, 5.41) is 8.62. The second-order valence-corrected chi connectivity index (χ2v) is 4.16. The number of aliphatic hydroxyl groups is 1. The van der Waals surface area contributed by atoms with Gasteiger partial charge in [0, 0.05) is 0 Å². The second-order valence-electron chi connectivity index (χ2n) is 4.16. The Hall–Kier alpha value is -0.250. The molecule has 1 nitrogen and oxygen atoms in total. The van der Waals surface area contributed by atoms with Gasteiger partial charge < -0.3 is 5.11 Å². The average Bonchev–Trinajstić information content (AvgIpc) is 1.78. The summed E-state index contributed by atoms with van der Waals surface area (Å²) in [4.78, 5) is 0. The lowest BCUT2D eigenvalue weighted by atomic mass is 9.89. The molecule has 0 heterocycles. The van der Waals surface area contributed by atoms with Crippen molar-refractivity contribution in [2.24, 2.45) is 5.41 Å². The molecule has 0 saturated carbocycles. The predicted molar refractivity (Wildman–Crippen MR) is 40.8 cm³/mol. The summed E-state index contributed by atoms with van der Waals surface area (Å²) in [5.74, 6) is 0. The van der Waals surface area contributed by atoms with Crippen molar-refractivity contribution in [3.05, 3.63) is 0 Å². The van der Waals surface area contributed by atoms with E-state index in [0.717, 1.165) is 0 Å². The van der Waals surface area contributed by atoms with Crippen LogP contribution >= 0.6 is 0 Å². The molecular formula is C8H15F3O. The summed E-state index contributed by atoms with van der Waals surface area (Å²) in [5.41, 5.74) is -0.160. The van der Waals surface area contributed by atoms with Crippen molar-refractivity contribution in [1.82, 2.24) is 0 Å². The highest BCUT2D eigenvalue weighted by molar-refractivity contribution is 4.70. The van der Waals surface area contributed by atoms with E-state index in [1.165, 1.54) is 0 Å². The summed E-state index contributed by atoms with van der Waals surface area (Å²) < 4.78 is 35.3. The molecule has 0 aromatic heterocycles. The zero-order chi connectivity index (χ0) is 9.99. The molecule has 0 spiro atoms. The van der Waals surface area contributed by atoms with Crippen molar-refractivity contribution in [3.63, 3.8) is 0 Å². The number of alkyl halides is 3. The number of hydrogen-bond donors (Lipinski definition) is 1. The van der Waals surface area contributed by atoms with Gasteiger partial charge in [-0.05, 0) is 18.3 Å². The van der Waals surface area contributed by atoms with Gasteiger partial charge in [-0.2, -0.15) is 13.2 Å². The van der Waals surface area contributed by atoms with Gasteiger partial charge in [-0.3, -0.25) is 0 Å². The van der Waals surface area contributed by atoms with Crippen LogP contribution in [0.4, 0.5) is 13.2 Å². The Morgan fingerprint density at radius 2 is 1.58 bits per heavy atom. The zero-order valence-electron chi connectivity index (χ0n) is 7.57. The third-order valence-corrected chi connectivity index (χ3v) is 1.55. The Morgan fingerprint density at radius 3 is 1.83 bits per heavy atom. The van der Waals surface area contributed by atoms with E-state index >= 15 is 0 Å². The number of rotatable bonds is 2. The highest BCUT2D eigenvalue weighted by Gasteiger charge is 2.38. The first-order valence-corrected chi connectivity index (χ1v) is 3.88. The molecular weight excluding hydrogens is 169 g/mol. The van der Waals surface area contributed by atoms with E-state index in [1.54, 1.807) is 0 Å². The Balaban J connectivity index is 3.80. The highest BCUT2D eigenvalue weighted by Crippen LogP contribution is 2.28. The smallest absolute Gasteiger partial charge is 0.384 e. The Labute approximate surface area is 70.6 Å². The molecule has 0 aliphatic rings. The van der Waals surface area contributed by atoms with E-state index < -0.39 is 12.3 Å². The molecule has 0 rings (SSSR count). The fourth-order valence-electron chi connectivity index (χ4n) is 0.733. The van der Waals surface area contributed by atoms with Crippen LogP contribution < -0.4 is 0 Å². The van der Waals surface area contributed by atoms with E-state index in [9.17, 15) is 13.2 Å². The average molecular weight is 184 g/mol. The van der Waals surface area contributed by atoms with Crippen LogP contribution in [0.3, 0.4) is 0 Å². The minimum atomic E-state index is -4.47. The lowest BCUT2D eigenvalue weighted by Crippen LogP contribution is -2.29. The van der Waals surface area contributed by atoms with Crippen molar-refractivity contribution >= 4 is 0 Å². The number of aliphatic hydroxyl groups excluding tert-OH is 1. The molecule has 1 N–H and O–H groups in total. The van der Waals surface area contributed by atoms with Gasteiger partial charge in [0.05, 0.1) is 0 Å². The second kappa shape index (κ2) is 3.64. The van der Waals surface area contributed by atoms with Gasteiger partial charge in [0.2, 0.25) is 0 Å². The summed E-state index contributed by atoms with van der Waals surface area (Å²) >= 11 is 0. The normalized spacial score (nSPS) is 16.2.